The maximum atomic E-state index is 5.15. The number of hydrogen-bond acceptors (Lipinski definition) is 3. The van der Waals surface area contributed by atoms with Crippen LogP contribution in [0.25, 0.3) is 0 Å². The molecule has 0 aliphatic heterocycles. The second kappa shape index (κ2) is 9.75. The Kier molecular flexibility index (Phi) is 8.74. The van der Waals surface area contributed by atoms with Crippen molar-refractivity contribution in [3.63, 3.8) is 0 Å². The molecule has 1 aliphatic carbocycles. The van der Waals surface area contributed by atoms with Crippen molar-refractivity contribution >= 4 is 0 Å². The third kappa shape index (κ3) is 6.55. The van der Waals surface area contributed by atoms with Crippen LogP contribution in [0, 0.1) is 11.3 Å². The van der Waals surface area contributed by atoms with E-state index >= 15 is 0 Å². The van der Waals surface area contributed by atoms with Gasteiger partial charge in [-0.05, 0) is 44.2 Å². The molecule has 0 aromatic heterocycles. The molecule has 0 heterocycles. The lowest BCUT2D eigenvalue weighted by Crippen LogP contribution is -2.46. The summed E-state index contributed by atoms with van der Waals surface area (Å²) in [6.45, 7) is 10.1. The number of methoxy groups -OCH3 is 1. The Bertz CT molecular complexity index is 247. The van der Waals surface area contributed by atoms with Crippen molar-refractivity contribution in [1.82, 2.24) is 10.2 Å². The van der Waals surface area contributed by atoms with Gasteiger partial charge in [0.2, 0.25) is 0 Å². The minimum absolute atomic E-state index is 0.480. The fourth-order valence-corrected chi connectivity index (χ4v) is 3.74. The minimum Gasteiger partial charge on any atom is -0.383 e. The van der Waals surface area contributed by atoms with Gasteiger partial charge >= 0.3 is 0 Å². The number of rotatable bonds is 10. The largest absolute Gasteiger partial charge is 0.383 e. The van der Waals surface area contributed by atoms with Gasteiger partial charge in [-0.15, -0.1) is 0 Å². The van der Waals surface area contributed by atoms with Crippen LogP contribution in [0.4, 0.5) is 0 Å². The van der Waals surface area contributed by atoms with Crippen molar-refractivity contribution in [2.24, 2.45) is 11.3 Å². The summed E-state index contributed by atoms with van der Waals surface area (Å²) < 4.78 is 5.15. The van der Waals surface area contributed by atoms with Crippen molar-refractivity contribution in [3.05, 3.63) is 0 Å². The SMILES string of the molecule is CCCCN(C)CC1(CNCCOC)CCCC(C)C1. The van der Waals surface area contributed by atoms with Gasteiger partial charge in [0.25, 0.3) is 0 Å². The molecule has 20 heavy (non-hydrogen) atoms. The second-order valence-electron chi connectivity index (χ2n) is 6.96. The predicted octanol–water partition coefficient (Wildman–Crippen LogP) is 3.15. The first kappa shape index (κ1) is 17.9. The predicted molar refractivity (Wildman–Crippen MR) is 87.2 cm³/mol. The van der Waals surface area contributed by atoms with Crippen molar-refractivity contribution in [2.45, 2.75) is 52.4 Å². The normalized spacial score (nSPS) is 27.1. The molecule has 0 saturated heterocycles. The maximum absolute atomic E-state index is 5.15. The number of unbranched alkanes of at least 4 members (excludes halogenated alkanes) is 1. The molecule has 0 amide bonds. The van der Waals surface area contributed by atoms with Crippen LogP contribution >= 0.6 is 0 Å². The van der Waals surface area contributed by atoms with Gasteiger partial charge in [-0.2, -0.15) is 0 Å². The van der Waals surface area contributed by atoms with Gasteiger partial charge < -0.3 is 15.0 Å². The maximum Gasteiger partial charge on any atom is 0.0587 e. The molecule has 2 atom stereocenters. The highest BCUT2D eigenvalue weighted by atomic mass is 16.5. The van der Waals surface area contributed by atoms with Gasteiger partial charge in [-0.3, -0.25) is 0 Å². The number of nitrogens with one attached hydrogen (secondary N) is 1. The molecule has 0 aromatic carbocycles. The molecule has 1 aliphatic rings. The van der Waals surface area contributed by atoms with Gasteiger partial charge in [0.05, 0.1) is 6.61 Å². The average Bonchev–Trinajstić information content (AvgIpc) is 2.41. The van der Waals surface area contributed by atoms with Gasteiger partial charge in [0.1, 0.15) is 0 Å². The Morgan fingerprint density at radius 2 is 2.20 bits per heavy atom. The van der Waals surface area contributed by atoms with E-state index in [2.05, 4.69) is 31.1 Å². The topological polar surface area (TPSA) is 24.5 Å². The molecule has 1 N–H and O–H groups in total. The summed E-state index contributed by atoms with van der Waals surface area (Å²) in [5.41, 5.74) is 0.480. The van der Waals surface area contributed by atoms with E-state index in [-0.39, 0.29) is 0 Å². The van der Waals surface area contributed by atoms with Crippen LogP contribution in [0.15, 0.2) is 0 Å². The molecule has 1 rings (SSSR count). The summed E-state index contributed by atoms with van der Waals surface area (Å²) in [6.07, 6.45) is 8.18. The van der Waals surface area contributed by atoms with Crippen molar-refractivity contribution in [3.8, 4) is 0 Å². The standard InChI is InChI=1S/C17H36N2O/c1-5-6-11-19(3)15-17(14-18-10-12-20-4)9-7-8-16(2)13-17/h16,18H,5-15H2,1-4H3. The fourth-order valence-electron chi connectivity index (χ4n) is 3.74. The lowest BCUT2D eigenvalue weighted by molar-refractivity contribution is 0.0884. The zero-order valence-electron chi connectivity index (χ0n) is 14.2. The number of hydrogen-bond donors (Lipinski definition) is 1. The molecule has 1 saturated carbocycles. The quantitative estimate of drug-likeness (QED) is 0.624. The zero-order valence-corrected chi connectivity index (χ0v) is 14.2. The highest BCUT2D eigenvalue weighted by molar-refractivity contribution is 4.89. The molecule has 0 spiro atoms. The van der Waals surface area contributed by atoms with E-state index in [9.17, 15) is 0 Å². The molecule has 0 bridgehead atoms. The van der Waals surface area contributed by atoms with E-state index in [0.717, 1.165) is 25.6 Å². The van der Waals surface area contributed by atoms with E-state index in [1.807, 2.05) is 0 Å². The zero-order chi connectivity index (χ0) is 14.8. The third-order valence-corrected chi connectivity index (χ3v) is 4.67. The second-order valence-corrected chi connectivity index (χ2v) is 6.96. The Balaban J connectivity index is 2.49. The molecule has 3 nitrogen and oxygen atoms in total. The van der Waals surface area contributed by atoms with Crippen molar-refractivity contribution in [1.29, 1.82) is 0 Å². The van der Waals surface area contributed by atoms with Gasteiger partial charge in [-0.25, -0.2) is 0 Å². The van der Waals surface area contributed by atoms with E-state index < -0.39 is 0 Å². The summed E-state index contributed by atoms with van der Waals surface area (Å²) in [6, 6.07) is 0. The third-order valence-electron chi connectivity index (χ3n) is 4.67. The first-order valence-corrected chi connectivity index (χ1v) is 8.50. The average molecular weight is 284 g/mol. The van der Waals surface area contributed by atoms with E-state index in [0.29, 0.717) is 5.41 Å². The first-order chi connectivity index (χ1) is 9.62. The Labute approximate surface area is 126 Å². The van der Waals surface area contributed by atoms with Crippen molar-refractivity contribution < 1.29 is 4.74 Å². The Morgan fingerprint density at radius 3 is 2.85 bits per heavy atom. The van der Waals surface area contributed by atoms with Crippen molar-refractivity contribution in [2.75, 3.05) is 46.9 Å². The molecule has 0 radical (unpaired) electrons. The van der Waals surface area contributed by atoms with Gasteiger partial charge in [0, 0.05) is 26.7 Å². The Hall–Kier alpha value is -0.120. The van der Waals surface area contributed by atoms with Crippen LogP contribution in [0.5, 0.6) is 0 Å². The molecule has 120 valence electrons. The van der Waals surface area contributed by atoms with Crippen LogP contribution < -0.4 is 5.32 Å². The van der Waals surface area contributed by atoms with E-state index in [1.54, 1.807) is 7.11 Å². The molecular weight excluding hydrogens is 248 g/mol. The molecule has 1 fully saturated rings. The summed E-state index contributed by atoms with van der Waals surface area (Å²) >= 11 is 0. The van der Waals surface area contributed by atoms with Crippen LogP contribution in [0.1, 0.15) is 52.4 Å². The van der Waals surface area contributed by atoms with Crippen LogP contribution in [-0.4, -0.2) is 51.8 Å². The van der Waals surface area contributed by atoms with Gasteiger partial charge in [0.15, 0.2) is 0 Å². The highest BCUT2D eigenvalue weighted by Gasteiger charge is 2.35. The van der Waals surface area contributed by atoms with Gasteiger partial charge in [-0.1, -0.05) is 33.1 Å². The van der Waals surface area contributed by atoms with E-state index in [4.69, 9.17) is 4.74 Å². The summed E-state index contributed by atoms with van der Waals surface area (Å²) in [5.74, 6) is 0.882. The fraction of sp³-hybridized carbons (Fsp3) is 1.00. The lowest BCUT2D eigenvalue weighted by atomic mass is 9.69. The monoisotopic (exact) mass is 284 g/mol. The highest BCUT2D eigenvalue weighted by Crippen LogP contribution is 2.39. The lowest BCUT2D eigenvalue weighted by Gasteiger charge is -2.43. The summed E-state index contributed by atoms with van der Waals surface area (Å²) in [7, 11) is 4.07. The molecule has 3 heteroatoms. The first-order valence-electron chi connectivity index (χ1n) is 8.50. The number of nitrogens with zero attached hydrogens (tertiary/aromatic N) is 1. The summed E-state index contributed by atoms with van der Waals surface area (Å²) in [5, 5.41) is 3.63. The Morgan fingerprint density at radius 1 is 1.40 bits per heavy atom. The smallest absolute Gasteiger partial charge is 0.0587 e. The van der Waals surface area contributed by atoms with Crippen LogP contribution in [0.3, 0.4) is 0 Å². The number of ether oxygens (including phenoxy) is 1. The molecular formula is C17H36N2O. The van der Waals surface area contributed by atoms with E-state index in [1.165, 1.54) is 51.6 Å². The molecule has 2 unspecified atom stereocenters. The summed E-state index contributed by atoms with van der Waals surface area (Å²) in [4.78, 5) is 2.56. The minimum atomic E-state index is 0.480. The van der Waals surface area contributed by atoms with Crippen LogP contribution in [-0.2, 0) is 4.74 Å². The molecule has 0 aromatic rings. The van der Waals surface area contributed by atoms with Crippen LogP contribution in [0.2, 0.25) is 0 Å².